The van der Waals surface area contributed by atoms with Crippen LogP contribution in [0.3, 0.4) is 0 Å². The van der Waals surface area contributed by atoms with Crippen molar-refractivity contribution in [3.63, 3.8) is 0 Å². The van der Waals surface area contributed by atoms with Gasteiger partial charge >= 0.3 is 0 Å². The van der Waals surface area contributed by atoms with E-state index >= 15 is 0 Å². The summed E-state index contributed by atoms with van der Waals surface area (Å²) in [5.74, 6) is 0.918. The first kappa shape index (κ1) is 19.5. The first-order valence-corrected chi connectivity index (χ1v) is 9.20. The van der Waals surface area contributed by atoms with Gasteiger partial charge in [-0.2, -0.15) is 5.10 Å². The first-order chi connectivity index (χ1) is 13.6. The molecular weight excluding hydrogens is 354 g/mol. The molecule has 6 heteroatoms. The number of aromatic amines is 1. The van der Waals surface area contributed by atoms with Crippen molar-refractivity contribution in [2.75, 3.05) is 27.8 Å². The predicted octanol–water partition coefficient (Wildman–Crippen LogP) is 3.80. The Morgan fingerprint density at radius 2 is 1.86 bits per heavy atom. The van der Waals surface area contributed by atoms with Crippen LogP contribution in [0.5, 0.6) is 11.5 Å². The smallest absolute Gasteiger partial charge is 0.257 e. The van der Waals surface area contributed by atoms with Gasteiger partial charge in [-0.05, 0) is 31.0 Å². The number of carbonyl (C=O) groups is 1. The number of benzene rings is 2. The number of nitrogens with zero attached hydrogens (tertiary/aromatic N) is 2. The van der Waals surface area contributed by atoms with Crippen LogP contribution >= 0.6 is 0 Å². The van der Waals surface area contributed by atoms with Gasteiger partial charge in [0.25, 0.3) is 5.91 Å². The molecule has 0 saturated carbocycles. The Labute approximate surface area is 165 Å². The van der Waals surface area contributed by atoms with Crippen LogP contribution in [-0.4, -0.2) is 48.8 Å². The molecule has 1 amide bonds. The summed E-state index contributed by atoms with van der Waals surface area (Å²) in [6, 6.07) is 17.4. The molecule has 0 radical (unpaired) electrons. The van der Waals surface area contributed by atoms with E-state index in [-0.39, 0.29) is 5.91 Å². The number of carbonyl (C=O) groups excluding carboxylic acids is 1. The highest BCUT2D eigenvalue weighted by atomic mass is 16.5. The van der Waals surface area contributed by atoms with Gasteiger partial charge in [0.15, 0.2) is 11.5 Å². The Morgan fingerprint density at radius 1 is 1.07 bits per heavy atom. The van der Waals surface area contributed by atoms with Crippen molar-refractivity contribution in [2.24, 2.45) is 0 Å². The number of rotatable bonds is 8. The van der Waals surface area contributed by atoms with Crippen LogP contribution in [0.2, 0.25) is 0 Å². The minimum absolute atomic E-state index is 0.0923. The largest absolute Gasteiger partial charge is 0.493 e. The number of hydrogen-bond acceptors (Lipinski definition) is 4. The van der Waals surface area contributed by atoms with Crippen molar-refractivity contribution in [3.05, 3.63) is 65.9 Å². The lowest BCUT2D eigenvalue weighted by Gasteiger charge is -2.19. The Balaban J connectivity index is 1.58. The van der Waals surface area contributed by atoms with E-state index < -0.39 is 0 Å². The van der Waals surface area contributed by atoms with Crippen molar-refractivity contribution < 1.29 is 14.3 Å². The van der Waals surface area contributed by atoms with Crippen molar-refractivity contribution in [2.45, 2.75) is 12.8 Å². The predicted molar refractivity (Wildman–Crippen MR) is 109 cm³/mol. The number of hydrogen-bond donors (Lipinski definition) is 1. The van der Waals surface area contributed by atoms with Gasteiger partial charge in [-0.3, -0.25) is 9.89 Å². The molecule has 1 aromatic heterocycles. The number of amides is 1. The van der Waals surface area contributed by atoms with E-state index in [0.29, 0.717) is 23.6 Å². The van der Waals surface area contributed by atoms with E-state index in [9.17, 15) is 4.79 Å². The maximum absolute atomic E-state index is 12.8. The van der Waals surface area contributed by atoms with Crippen LogP contribution in [0.1, 0.15) is 22.5 Å². The van der Waals surface area contributed by atoms with E-state index in [1.807, 2.05) is 30.3 Å². The van der Waals surface area contributed by atoms with Crippen LogP contribution in [0, 0.1) is 0 Å². The van der Waals surface area contributed by atoms with Crippen molar-refractivity contribution in [3.8, 4) is 22.8 Å². The zero-order valence-electron chi connectivity index (χ0n) is 16.4. The van der Waals surface area contributed by atoms with Gasteiger partial charge in [0.05, 0.1) is 25.5 Å². The van der Waals surface area contributed by atoms with Crippen molar-refractivity contribution in [1.82, 2.24) is 15.1 Å². The van der Waals surface area contributed by atoms with Gasteiger partial charge in [-0.25, -0.2) is 0 Å². The first-order valence-electron chi connectivity index (χ1n) is 9.20. The molecule has 3 aromatic rings. The van der Waals surface area contributed by atoms with E-state index in [2.05, 4.69) is 16.3 Å². The highest BCUT2D eigenvalue weighted by molar-refractivity contribution is 5.97. The summed E-state index contributed by atoms with van der Waals surface area (Å²) in [5.41, 5.74) is 3.57. The number of nitrogens with one attached hydrogen (secondary N) is 1. The molecule has 0 atom stereocenters. The second-order valence-corrected chi connectivity index (χ2v) is 6.52. The van der Waals surface area contributed by atoms with Crippen LogP contribution in [0.4, 0.5) is 0 Å². The number of ether oxygens (including phenoxy) is 2. The Morgan fingerprint density at radius 3 is 2.57 bits per heavy atom. The molecule has 28 heavy (non-hydrogen) atoms. The maximum atomic E-state index is 12.8. The second kappa shape index (κ2) is 9.08. The fraction of sp³-hybridized carbons (Fsp3) is 0.273. The molecule has 1 N–H and O–H groups in total. The molecule has 146 valence electrons. The summed E-state index contributed by atoms with van der Waals surface area (Å²) in [5, 5.41) is 7.45. The summed E-state index contributed by atoms with van der Waals surface area (Å²) >= 11 is 0. The van der Waals surface area contributed by atoms with Crippen molar-refractivity contribution >= 4 is 5.91 Å². The molecule has 0 unspecified atom stereocenters. The number of H-pyrrole nitrogens is 1. The zero-order valence-corrected chi connectivity index (χ0v) is 16.4. The Hall–Kier alpha value is -3.28. The minimum Gasteiger partial charge on any atom is -0.493 e. The Bertz CT molecular complexity index is 922. The molecule has 0 bridgehead atoms. The second-order valence-electron chi connectivity index (χ2n) is 6.52. The molecule has 0 aliphatic rings. The lowest BCUT2D eigenvalue weighted by atomic mass is 10.1. The lowest BCUT2D eigenvalue weighted by molar-refractivity contribution is 0.0789. The average molecular weight is 379 g/mol. The van der Waals surface area contributed by atoms with Gasteiger partial charge < -0.3 is 14.4 Å². The summed E-state index contributed by atoms with van der Waals surface area (Å²) in [6.07, 6.45) is 1.64. The van der Waals surface area contributed by atoms with Gasteiger partial charge in [0, 0.05) is 24.8 Å². The number of aryl methyl sites for hydroxylation is 1. The Kier molecular flexibility index (Phi) is 6.32. The van der Waals surface area contributed by atoms with Crippen LogP contribution in [0.15, 0.2) is 54.6 Å². The third kappa shape index (κ3) is 4.34. The third-order valence-electron chi connectivity index (χ3n) is 4.62. The number of aromatic nitrogens is 2. The molecule has 0 aliphatic heterocycles. The van der Waals surface area contributed by atoms with E-state index in [1.54, 1.807) is 37.3 Å². The summed E-state index contributed by atoms with van der Waals surface area (Å²) in [7, 11) is 4.89. The fourth-order valence-corrected chi connectivity index (χ4v) is 3.12. The average Bonchev–Trinajstić information content (AvgIpc) is 3.22. The van der Waals surface area contributed by atoms with Crippen LogP contribution in [0.25, 0.3) is 11.3 Å². The topological polar surface area (TPSA) is 67.5 Å². The molecule has 0 spiro atoms. The SMILES string of the molecule is COc1cccc(C(=O)N(C)CCCc2cc(-c3ccccc3)n[nH]2)c1OC. The van der Waals surface area contributed by atoms with Gasteiger partial charge in [0.2, 0.25) is 0 Å². The molecule has 0 saturated heterocycles. The highest BCUT2D eigenvalue weighted by Crippen LogP contribution is 2.31. The molecule has 2 aromatic carbocycles. The number of methoxy groups -OCH3 is 2. The van der Waals surface area contributed by atoms with Gasteiger partial charge in [-0.1, -0.05) is 36.4 Å². The van der Waals surface area contributed by atoms with E-state index in [4.69, 9.17) is 9.47 Å². The maximum Gasteiger partial charge on any atom is 0.257 e. The molecular formula is C22H25N3O3. The standard InChI is InChI=1S/C22H25N3O3/c1-25(22(26)18-12-7-13-20(27-2)21(18)28-3)14-8-11-17-15-19(24-23-17)16-9-5-4-6-10-16/h4-7,9-10,12-13,15H,8,11,14H2,1-3H3,(H,23,24). The summed E-state index contributed by atoms with van der Waals surface area (Å²) in [6.45, 7) is 0.624. The third-order valence-corrected chi connectivity index (χ3v) is 4.62. The fourth-order valence-electron chi connectivity index (χ4n) is 3.12. The highest BCUT2D eigenvalue weighted by Gasteiger charge is 2.19. The molecule has 6 nitrogen and oxygen atoms in total. The molecule has 0 fully saturated rings. The van der Waals surface area contributed by atoms with Crippen molar-refractivity contribution in [1.29, 1.82) is 0 Å². The molecule has 1 heterocycles. The summed E-state index contributed by atoms with van der Waals surface area (Å²) < 4.78 is 10.6. The molecule has 3 rings (SSSR count). The number of para-hydroxylation sites is 1. The van der Waals surface area contributed by atoms with Crippen LogP contribution in [-0.2, 0) is 6.42 Å². The van der Waals surface area contributed by atoms with Crippen LogP contribution < -0.4 is 9.47 Å². The van der Waals surface area contributed by atoms with E-state index in [1.165, 1.54) is 7.11 Å². The van der Waals surface area contributed by atoms with Gasteiger partial charge in [-0.15, -0.1) is 0 Å². The monoisotopic (exact) mass is 379 g/mol. The quantitative estimate of drug-likeness (QED) is 0.646. The normalized spacial score (nSPS) is 10.5. The molecule has 0 aliphatic carbocycles. The van der Waals surface area contributed by atoms with E-state index in [0.717, 1.165) is 29.8 Å². The van der Waals surface area contributed by atoms with Gasteiger partial charge in [0.1, 0.15) is 0 Å². The minimum atomic E-state index is -0.0923. The summed E-state index contributed by atoms with van der Waals surface area (Å²) in [4.78, 5) is 14.5. The lowest BCUT2D eigenvalue weighted by Crippen LogP contribution is -2.28. The zero-order chi connectivity index (χ0) is 19.9.